The molecule has 3 aromatic carbocycles. The van der Waals surface area contributed by atoms with E-state index in [4.69, 9.17) is 20.8 Å². The third-order valence-corrected chi connectivity index (χ3v) is 6.29. The van der Waals surface area contributed by atoms with Crippen LogP contribution in [0.5, 0.6) is 5.75 Å². The molecule has 0 radical (unpaired) electrons. The highest BCUT2D eigenvalue weighted by Crippen LogP contribution is 2.38. The predicted molar refractivity (Wildman–Crippen MR) is 145 cm³/mol. The second-order valence-corrected chi connectivity index (χ2v) is 8.66. The number of methoxy groups -OCH3 is 1. The van der Waals surface area contributed by atoms with Gasteiger partial charge < -0.3 is 14.5 Å². The van der Waals surface area contributed by atoms with E-state index in [0.29, 0.717) is 17.0 Å². The molecule has 178 valence electrons. The van der Waals surface area contributed by atoms with E-state index in [1.165, 1.54) is 11.6 Å². The molecule has 0 aliphatic heterocycles. The zero-order chi connectivity index (χ0) is 25.1. The van der Waals surface area contributed by atoms with Crippen molar-refractivity contribution in [3.05, 3.63) is 108 Å². The Morgan fingerprint density at radius 3 is 2.42 bits per heavy atom. The average molecular weight is 495 g/mol. The van der Waals surface area contributed by atoms with E-state index in [-0.39, 0.29) is 11.1 Å². The number of hydrogen-bond acceptors (Lipinski definition) is 4. The SMILES string of the molecule is COc1cc2occ(-c3ccc(-c4ccccc4)cc3)c2cc1/C(C)=C/C(=O)Nc1cccnc1Cl. The van der Waals surface area contributed by atoms with Crippen LogP contribution >= 0.6 is 11.6 Å². The Kier molecular flexibility index (Phi) is 6.56. The molecule has 0 saturated carbocycles. The second-order valence-electron chi connectivity index (χ2n) is 8.30. The summed E-state index contributed by atoms with van der Waals surface area (Å²) in [6.07, 6.45) is 4.83. The van der Waals surface area contributed by atoms with Crippen LogP contribution in [0.2, 0.25) is 5.15 Å². The molecule has 2 heterocycles. The Morgan fingerprint density at radius 2 is 1.69 bits per heavy atom. The number of rotatable bonds is 6. The zero-order valence-electron chi connectivity index (χ0n) is 19.8. The van der Waals surface area contributed by atoms with Crippen molar-refractivity contribution >= 4 is 39.7 Å². The van der Waals surface area contributed by atoms with Gasteiger partial charge in [-0.2, -0.15) is 0 Å². The molecule has 6 heteroatoms. The van der Waals surface area contributed by atoms with E-state index in [1.807, 2.05) is 37.3 Å². The van der Waals surface area contributed by atoms with E-state index in [1.54, 1.807) is 31.7 Å². The molecule has 1 amide bonds. The third-order valence-electron chi connectivity index (χ3n) is 5.99. The van der Waals surface area contributed by atoms with Crippen molar-refractivity contribution in [3.8, 4) is 28.0 Å². The molecule has 0 fully saturated rings. The van der Waals surface area contributed by atoms with Crippen molar-refractivity contribution in [1.29, 1.82) is 0 Å². The van der Waals surface area contributed by atoms with Gasteiger partial charge >= 0.3 is 0 Å². The molecule has 0 spiro atoms. The fourth-order valence-electron chi connectivity index (χ4n) is 4.15. The standard InChI is InChI=1S/C30H23ClN2O3/c1-19(15-29(34)33-26-9-6-14-32-30(26)31)23-16-24-25(18-36-28(24)17-27(23)35-2)22-12-10-21(11-13-22)20-7-4-3-5-8-20/h3-18H,1-2H3,(H,33,34)/b19-15+. The van der Waals surface area contributed by atoms with Gasteiger partial charge in [0.15, 0.2) is 5.15 Å². The zero-order valence-corrected chi connectivity index (χ0v) is 20.5. The van der Waals surface area contributed by atoms with Crippen LogP contribution in [0.4, 0.5) is 5.69 Å². The lowest BCUT2D eigenvalue weighted by atomic mass is 9.97. The number of benzene rings is 3. The van der Waals surface area contributed by atoms with E-state index >= 15 is 0 Å². The maximum atomic E-state index is 12.7. The van der Waals surface area contributed by atoms with Gasteiger partial charge in [0, 0.05) is 34.9 Å². The minimum Gasteiger partial charge on any atom is -0.496 e. The monoisotopic (exact) mass is 494 g/mol. The minimum absolute atomic E-state index is 0.234. The third kappa shape index (κ3) is 4.74. The van der Waals surface area contributed by atoms with Crippen LogP contribution in [0.3, 0.4) is 0 Å². The summed E-state index contributed by atoms with van der Waals surface area (Å²) in [5.74, 6) is 0.303. The minimum atomic E-state index is -0.312. The van der Waals surface area contributed by atoms with Crippen LogP contribution in [0.15, 0.2) is 102 Å². The number of aromatic nitrogens is 1. The van der Waals surface area contributed by atoms with Crippen LogP contribution in [-0.2, 0) is 4.79 Å². The number of amides is 1. The number of hydrogen-bond donors (Lipinski definition) is 1. The van der Waals surface area contributed by atoms with Gasteiger partial charge in [-0.3, -0.25) is 4.79 Å². The number of nitrogens with one attached hydrogen (secondary N) is 1. The van der Waals surface area contributed by atoms with Crippen molar-refractivity contribution in [1.82, 2.24) is 4.98 Å². The number of fused-ring (bicyclic) bond motifs is 1. The molecular formula is C30H23ClN2O3. The molecule has 0 atom stereocenters. The first-order chi connectivity index (χ1) is 17.5. The van der Waals surface area contributed by atoms with E-state index in [2.05, 4.69) is 46.7 Å². The van der Waals surface area contributed by atoms with Crippen molar-refractivity contribution in [2.24, 2.45) is 0 Å². The van der Waals surface area contributed by atoms with Crippen LogP contribution in [0, 0.1) is 0 Å². The normalized spacial score (nSPS) is 11.5. The fourth-order valence-corrected chi connectivity index (χ4v) is 4.32. The Hall–Kier alpha value is -4.35. The molecular weight excluding hydrogens is 472 g/mol. The molecule has 36 heavy (non-hydrogen) atoms. The predicted octanol–water partition coefficient (Wildman–Crippen LogP) is 7.87. The molecule has 0 bridgehead atoms. The highest BCUT2D eigenvalue weighted by Gasteiger charge is 2.15. The topological polar surface area (TPSA) is 64.4 Å². The maximum Gasteiger partial charge on any atom is 0.248 e. The number of anilines is 1. The first kappa shape index (κ1) is 23.4. The summed E-state index contributed by atoms with van der Waals surface area (Å²) in [7, 11) is 1.60. The second kappa shape index (κ2) is 10.1. The number of ether oxygens (including phenoxy) is 1. The Bertz CT molecular complexity index is 1570. The van der Waals surface area contributed by atoms with Crippen molar-refractivity contribution < 1.29 is 13.9 Å². The lowest BCUT2D eigenvalue weighted by Gasteiger charge is -2.10. The fraction of sp³-hybridized carbons (Fsp3) is 0.0667. The van der Waals surface area contributed by atoms with E-state index in [0.717, 1.165) is 33.2 Å². The average Bonchev–Trinajstić information content (AvgIpc) is 3.32. The first-order valence-corrected chi connectivity index (χ1v) is 11.8. The molecule has 5 aromatic rings. The van der Waals surface area contributed by atoms with Gasteiger partial charge in [-0.25, -0.2) is 4.98 Å². The number of carbonyl (C=O) groups is 1. The first-order valence-electron chi connectivity index (χ1n) is 11.4. The molecule has 5 nitrogen and oxygen atoms in total. The molecule has 5 rings (SSSR count). The Labute approximate surface area is 214 Å². The lowest BCUT2D eigenvalue weighted by Crippen LogP contribution is -2.09. The summed E-state index contributed by atoms with van der Waals surface area (Å²) >= 11 is 6.07. The van der Waals surface area contributed by atoms with E-state index < -0.39 is 0 Å². The maximum absolute atomic E-state index is 12.7. The van der Waals surface area contributed by atoms with Crippen molar-refractivity contribution in [3.63, 3.8) is 0 Å². The van der Waals surface area contributed by atoms with Crippen molar-refractivity contribution in [2.75, 3.05) is 12.4 Å². The highest BCUT2D eigenvalue weighted by atomic mass is 35.5. The van der Waals surface area contributed by atoms with Gasteiger partial charge in [0.05, 0.1) is 19.1 Å². The molecule has 0 aliphatic rings. The van der Waals surface area contributed by atoms with Gasteiger partial charge in [0.1, 0.15) is 11.3 Å². The summed E-state index contributed by atoms with van der Waals surface area (Å²) in [6.45, 7) is 1.86. The lowest BCUT2D eigenvalue weighted by molar-refractivity contribution is -0.111. The highest BCUT2D eigenvalue weighted by molar-refractivity contribution is 6.32. The number of pyridine rings is 1. The molecule has 1 N–H and O–H groups in total. The van der Waals surface area contributed by atoms with Gasteiger partial charge in [0.25, 0.3) is 0 Å². The number of allylic oxidation sites excluding steroid dienone is 1. The van der Waals surface area contributed by atoms with E-state index in [9.17, 15) is 4.79 Å². The Balaban J connectivity index is 1.48. The van der Waals surface area contributed by atoms with Crippen LogP contribution < -0.4 is 10.1 Å². The summed E-state index contributed by atoms with van der Waals surface area (Å²) in [4.78, 5) is 16.7. The largest absolute Gasteiger partial charge is 0.496 e. The van der Waals surface area contributed by atoms with Crippen molar-refractivity contribution in [2.45, 2.75) is 6.92 Å². The van der Waals surface area contributed by atoms with Gasteiger partial charge in [0.2, 0.25) is 5.91 Å². The number of furan rings is 1. The molecule has 0 aliphatic carbocycles. The molecule has 0 unspecified atom stereocenters. The Morgan fingerprint density at radius 1 is 0.972 bits per heavy atom. The number of carbonyl (C=O) groups excluding carboxylic acids is 1. The number of nitrogens with zero attached hydrogens (tertiary/aromatic N) is 1. The van der Waals surface area contributed by atoms with Gasteiger partial charge in [-0.15, -0.1) is 0 Å². The summed E-state index contributed by atoms with van der Waals surface area (Å²) in [5.41, 5.74) is 7.00. The summed E-state index contributed by atoms with van der Waals surface area (Å²) in [6, 6.07) is 25.9. The smallest absolute Gasteiger partial charge is 0.248 e. The molecule has 0 saturated heterocycles. The van der Waals surface area contributed by atoms with Gasteiger partial charge in [-0.1, -0.05) is 66.2 Å². The van der Waals surface area contributed by atoms with Crippen LogP contribution in [-0.4, -0.2) is 18.0 Å². The summed E-state index contributed by atoms with van der Waals surface area (Å²) in [5, 5.41) is 3.93. The van der Waals surface area contributed by atoms with Crippen LogP contribution in [0.25, 0.3) is 38.8 Å². The molecule has 2 aromatic heterocycles. The number of halogens is 1. The van der Waals surface area contributed by atoms with Crippen LogP contribution in [0.1, 0.15) is 12.5 Å². The quantitative estimate of drug-likeness (QED) is 0.193. The summed E-state index contributed by atoms with van der Waals surface area (Å²) < 4.78 is 11.5. The van der Waals surface area contributed by atoms with Gasteiger partial charge in [-0.05, 0) is 47.4 Å².